The molecular weight excluding hydrogens is 280 g/mol. The second-order valence-corrected chi connectivity index (χ2v) is 7.61. The van der Waals surface area contributed by atoms with Crippen LogP contribution in [-0.4, -0.2) is 41.6 Å². The van der Waals surface area contributed by atoms with Crippen molar-refractivity contribution in [3.63, 3.8) is 0 Å². The molecule has 2 unspecified atom stereocenters. The fourth-order valence-corrected chi connectivity index (χ4v) is 4.21. The zero-order valence-corrected chi connectivity index (χ0v) is 13.5. The first kappa shape index (κ1) is 14.9. The molecule has 1 aromatic carbocycles. The Morgan fingerprint density at radius 1 is 1.43 bits per heavy atom. The summed E-state index contributed by atoms with van der Waals surface area (Å²) in [5.41, 5.74) is 1.68. The van der Waals surface area contributed by atoms with Gasteiger partial charge in [0.15, 0.2) is 0 Å². The highest BCUT2D eigenvalue weighted by Gasteiger charge is 2.38. The minimum absolute atomic E-state index is 0.0477. The molecule has 2 atom stereocenters. The van der Waals surface area contributed by atoms with Gasteiger partial charge in [-0.1, -0.05) is 37.3 Å². The van der Waals surface area contributed by atoms with Gasteiger partial charge < -0.3 is 4.90 Å². The number of rotatable bonds is 4. The van der Waals surface area contributed by atoms with E-state index in [-0.39, 0.29) is 11.5 Å². The van der Waals surface area contributed by atoms with Crippen LogP contribution in [0.1, 0.15) is 25.3 Å². The summed E-state index contributed by atoms with van der Waals surface area (Å²) in [6, 6.07) is 10.7. The summed E-state index contributed by atoms with van der Waals surface area (Å²) < 4.78 is 0. The van der Waals surface area contributed by atoms with Crippen LogP contribution in [0.2, 0.25) is 0 Å². The molecule has 4 heteroatoms. The van der Waals surface area contributed by atoms with Crippen LogP contribution in [0.15, 0.2) is 30.3 Å². The molecule has 0 bridgehead atoms. The van der Waals surface area contributed by atoms with Crippen LogP contribution in [-0.2, 0) is 11.2 Å². The van der Waals surface area contributed by atoms with Crippen LogP contribution in [0.4, 0.5) is 0 Å². The van der Waals surface area contributed by atoms with E-state index in [0.29, 0.717) is 5.91 Å². The molecule has 1 amide bonds. The number of amides is 1. The van der Waals surface area contributed by atoms with Crippen molar-refractivity contribution in [1.82, 2.24) is 10.2 Å². The van der Waals surface area contributed by atoms with Crippen molar-refractivity contribution in [1.29, 1.82) is 0 Å². The van der Waals surface area contributed by atoms with Crippen LogP contribution >= 0.6 is 11.8 Å². The molecular formula is C17H24N2OS. The van der Waals surface area contributed by atoms with E-state index < -0.39 is 0 Å². The Morgan fingerprint density at radius 3 is 2.95 bits per heavy atom. The van der Waals surface area contributed by atoms with E-state index in [0.717, 1.165) is 44.0 Å². The van der Waals surface area contributed by atoms with Gasteiger partial charge in [0.05, 0.1) is 6.04 Å². The highest BCUT2D eigenvalue weighted by Crippen LogP contribution is 2.35. The Labute approximate surface area is 131 Å². The predicted molar refractivity (Wildman–Crippen MR) is 88.3 cm³/mol. The van der Waals surface area contributed by atoms with Crippen LogP contribution in [0.25, 0.3) is 0 Å². The van der Waals surface area contributed by atoms with Crippen molar-refractivity contribution in [2.45, 2.75) is 32.2 Å². The monoisotopic (exact) mass is 304 g/mol. The fourth-order valence-electron chi connectivity index (χ4n) is 3.28. The minimum atomic E-state index is 0.0477. The first-order valence-electron chi connectivity index (χ1n) is 7.80. The summed E-state index contributed by atoms with van der Waals surface area (Å²) in [5, 5.41) is 3.29. The van der Waals surface area contributed by atoms with E-state index in [1.807, 2.05) is 11.8 Å². The lowest BCUT2D eigenvalue weighted by Crippen LogP contribution is -2.44. The Morgan fingerprint density at radius 2 is 2.24 bits per heavy atom. The van der Waals surface area contributed by atoms with Gasteiger partial charge in [0, 0.05) is 24.7 Å². The first-order valence-corrected chi connectivity index (χ1v) is 8.96. The summed E-state index contributed by atoms with van der Waals surface area (Å²) in [5.74, 6) is 2.15. The number of benzene rings is 1. The molecule has 114 valence electrons. The van der Waals surface area contributed by atoms with Gasteiger partial charge in [-0.15, -0.1) is 11.8 Å². The smallest absolute Gasteiger partial charge is 0.240 e. The molecule has 2 fully saturated rings. The number of hydrogen-bond acceptors (Lipinski definition) is 3. The van der Waals surface area contributed by atoms with E-state index in [1.54, 1.807) is 0 Å². The van der Waals surface area contributed by atoms with Gasteiger partial charge in [-0.05, 0) is 30.2 Å². The summed E-state index contributed by atoms with van der Waals surface area (Å²) in [6.45, 7) is 4.18. The van der Waals surface area contributed by atoms with Gasteiger partial charge in [0.2, 0.25) is 5.91 Å². The van der Waals surface area contributed by atoms with E-state index in [1.165, 1.54) is 5.56 Å². The molecule has 2 aliphatic rings. The quantitative estimate of drug-likeness (QED) is 0.928. The lowest BCUT2D eigenvalue weighted by atomic mass is 9.83. The van der Waals surface area contributed by atoms with Gasteiger partial charge in [0.25, 0.3) is 0 Å². The number of carbonyl (C=O) groups is 1. The van der Waals surface area contributed by atoms with Gasteiger partial charge >= 0.3 is 0 Å². The second kappa shape index (κ2) is 6.41. The van der Waals surface area contributed by atoms with Crippen molar-refractivity contribution in [3.8, 4) is 0 Å². The second-order valence-electron chi connectivity index (χ2n) is 6.58. The summed E-state index contributed by atoms with van der Waals surface area (Å²) in [7, 11) is 0. The molecule has 3 rings (SSSR count). The maximum atomic E-state index is 12.5. The molecule has 1 aromatic rings. The molecule has 0 spiro atoms. The maximum absolute atomic E-state index is 12.5. The number of aryl methyl sites for hydroxylation is 1. The largest absolute Gasteiger partial charge is 0.341 e. The van der Waals surface area contributed by atoms with Gasteiger partial charge in [-0.2, -0.15) is 0 Å². The van der Waals surface area contributed by atoms with E-state index in [4.69, 9.17) is 0 Å². The third-order valence-corrected chi connectivity index (χ3v) is 5.68. The molecule has 1 N–H and O–H groups in total. The Balaban J connectivity index is 1.53. The Bertz CT molecular complexity index is 487. The number of nitrogens with zero attached hydrogens (tertiary/aromatic N) is 1. The lowest BCUT2D eigenvalue weighted by molar-refractivity contribution is -0.132. The molecule has 0 aliphatic carbocycles. The Hall–Kier alpha value is -1.000. The third-order valence-electron chi connectivity index (χ3n) is 4.74. The number of thioether (sulfide) groups is 1. The van der Waals surface area contributed by atoms with Crippen molar-refractivity contribution < 1.29 is 4.79 Å². The summed E-state index contributed by atoms with van der Waals surface area (Å²) in [4.78, 5) is 14.5. The Kier molecular flexibility index (Phi) is 4.55. The van der Waals surface area contributed by atoms with Crippen LogP contribution < -0.4 is 5.32 Å². The van der Waals surface area contributed by atoms with Crippen molar-refractivity contribution in [2.24, 2.45) is 5.41 Å². The minimum Gasteiger partial charge on any atom is -0.341 e. The first-order chi connectivity index (χ1) is 10.2. The zero-order valence-electron chi connectivity index (χ0n) is 12.7. The summed E-state index contributed by atoms with van der Waals surface area (Å²) >= 11 is 1.82. The van der Waals surface area contributed by atoms with E-state index in [2.05, 4.69) is 47.5 Å². The number of hydrogen-bond donors (Lipinski definition) is 1. The van der Waals surface area contributed by atoms with Crippen molar-refractivity contribution in [3.05, 3.63) is 35.9 Å². The van der Waals surface area contributed by atoms with Crippen molar-refractivity contribution >= 4 is 17.7 Å². The van der Waals surface area contributed by atoms with Gasteiger partial charge in [-0.25, -0.2) is 0 Å². The average Bonchev–Trinajstić information content (AvgIpc) is 3.16. The van der Waals surface area contributed by atoms with Crippen LogP contribution in [0.3, 0.4) is 0 Å². The SMILES string of the molecule is CC1(CCc2ccccc2)CCN(C(=O)C2CSCN2)C1. The van der Waals surface area contributed by atoms with Gasteiger partial charge in [0.1, 0.15) is 0 Å². The standard InChI is InChI=1S/C17H24N2OS/c1-17(8-7-14-5-3-2-4-6-14)9-10-19(12-17)16(20)15-11-21-13-18-15/h2-6,15,18H,7-13H2,1H3. The van der Waals surface area contributed by atoms with Crippen LogP contribution in [0, 0.1) is 5.41 Å². The van der Waals surface area contributed by atoms with Gasteiger partial charge in [-0.3, -0.25) is 10.1 Å². The number of nitrogens with one attached hydrogen (secondary N) is 1. The maximum Gasteiger partial charge on any atom is 0.240 e. The molecule has 0 saturated carbocycles. The van der Waals surface area contributed by atoms with E-state index >= 15 is 0 Å². The third kappa shape index (κ3) is 3.61. The normalized spacial score (nSPS) is 29.0. The molecule has 2 heterocycles. The number of likely N-dealkylation sites (tertiary alicyclic amines) is 1. The zero-order chi connectivity index (χ0) is 14.7. The lowest BCUT2D eigenvalue weighted by Gasteiger charge is -2.26. The molecule has 0 radical (unpaired) electrons. The summed E-state index contributed by atoms with van der Waals surface area (Å²) in [6.07, 6.45) is 3.40. The molecule has 0 aromatic heterocycles. The molecule has 21 heavy (non-hydrogen) atoms. The topological polar surface area (TPSA) is 32.3 Å². The number of carbonyl (C=O) groups excluding carboxylic acids is 1. The average molecular weight is 304 g/mol. The predicted octanol–water partition coefficient (Wildman–Crippen LogP) is 2.52. The van der Waals surface area contributed by atoms with Crippen LogP contribution in [0.5, 0.6) is 0 Å². The van der Waals surface area contributed by atoms with E-state index in [9.17, 15) is 4.79 Å². The van der Waals surface area contributed by atoms with Crippen molar-refractivity contribution in [2.75, 3.05) is 24.7 Å². The molecule has 3 nitrogen and oxygen atoms in total. The highest BCUT2D eigenvalue weighted by molar-refractivity contribution is 7.99. The highest BCUT2D eigenvalue weighted by atomic mass is 32.2. The fraction of sp³-hybridized carbons (Fsp3) is 0.588. The molecule has 2 aliphatic heterocycles. The molecule has 2 saturated heterocycles.